The topological polar surface area (TPSA) is 15.3 Å². The minimum atomic E-state index is 1.15. The summed E-state index contributed by atoms with van der Waals surface area (Å²) >= 11 is 1.82. The normalized spacial score (nSPS) is 11.9. The Balaban J connectivity index is 1.60. The monoisotopic (exact) mass is 366 g/mol. The van der Waals surface area contributed by atoms with Gasteiger partial charge in [-0.25, -0.2) is 0 Å². The van der Waals surface area contributed by atoms with Crippen LogP contribution in [0.1, 0.15) is 0 Å². The molecule has 1 heterocycles. The van der Waals surface area contributed by atoms with E-state index in [0.717, 1.165) is 22.7 Å². The minimum absolute atomic E-state index is 1.15. The molecule has 2 nitrogen and oxygen atoms in total. The van der Waals surface area contributed by atoms with E-state index in [-0.39, 0.29) is 0 Å². The van der Waals surface area contributed by atoms with Gasteiger partial charge in [0.05, 0.1) is 11.4 Å². The highest BCUT2D eigenvalue weighted by Gasteiger charge is 2.18. The summed E-state index contributed by atoms with van der Waals surface area (Å²) in [6.07, 6.45) is 0. The molecule has 1 aliphatic rings. The summed E-state index contributed by atoms with van der Waals surface area (Å²) in [6.45, 7) is 0. The second-order valence-electron chi connectivity index (χ2n) is 6.41. The van der Waals surface area contributed by atoms with Crippen molar-refractivity contribution in [3.63, 3.8) is 0 Å². The van der Waals surface area contributed by atoms with Crippen molar-refractivity contribution in [2.24, 2.45) is 0 Å². The van der Waals surface area contributed by atoms with Gasteiger partial charge in [0.2, 0.25) is 0 Å². The van der Waals surface area contributed by atoms with E-state index in [1.54, 1.807) is 0 Å². The second kappa shape index (κ2) is 6.86. The molecule has 0 radical (unpaired) electrons. The lowest BCUT2D eigenvalue weighted by atomic mass is 10.1. The number of para-hydroxylation sites is 3. The van der Waals surface area contributed by atoms with Gasteiger partial charge in [-0.05, 0) is 54.6 Å². The van der Waals surface area contributed by atoms with Gasteiger partial charge in [-0.1, -0.05) is 60.3 Å². The van der Waals surface area contributed by atoms with Crippen LogP contribution in [0, 0.1) is 0 Å². The molecule has 4 aromatic rings. The first kappa shape index (κ1) is 16.0. The Bertz CT molecular complexity index is 1040. The first-order valence-electron chi connectivity index (χ1n) is 8.97. The van der Waals surface area contributed by atoms with E-state index in [4.69, 9.17) is 0 Å². The predicted octanol–water partition coefficient (Wildman–Crippen LogP) is 7.36. The zero-order valence-electron chi connectivity index (χ0n) is 14.7. The smallest absolute Gasteiger partial charge is 0.0527 e. The quantitative estimate of drug-likeness (QED) is 0.359. The lowest BCUT2D eigenvalue weighted by Gasteiger charge is -2.27. The number of nitrogens with zero attached hydrogens (tertiary/aromatic N) is 1. The molecule has 1 N–H and O–H groups in total. The highest BCUT2D eigenvalue weighted by molar-refractivity contribution is 7.99. The van der Waals surface area contributed by atoms with E-state index in [9.17, 15) is 0 Å². The first-order valence-corrected chi connectivity index (χ1v) is 9.78. The van der Waals surface area contributed by atoms with E-state index >= 15 is 0 Å². The highest BCUT2D eigenvalue weighted by Crippen LogP contribution is 2.46. The molecule has 0 aliphatic carbocycles. The van der Waals surface area contributed by atoms with Crippen LogP contribution in [0.25, 0.3) is 0 Å². The second-order valence-corrected chi connectivity index (χ2v) is 7.49. The van der Waals surface area contributed by atoms with E-state index in [1.165, 1.54) is 15.5 Å². The molecule has 0 unspecified atom stereocenters. The van der Waals surface area contributed by atoms with Crippen molar-refractivity contribution in [2.45, 2.75) is 9.79 Å². The molecule has 0 amide bonds. The van der Waals surface area contributed by atoms with Gasteiger partial charge in [-0.2, -0.15) is 0 Å². The van der Waals surface area contributed by atoms with Crippen LogP contribution in [0.5, 0.6) is 0 Å². The summed E-state index contributed by atoms with van der Waals surface area (Å²) < 4.78 is 0. The van der Waals surface area contributed by atoms with Crippen LogP contribution in [0.3, 0.4) is 0 Å². The summed E-state index contributed by atoms with van der Waals surface area (Å²) in [5.41, 5.74) is 5.78. The van der Waals surface area contributed by atoms with E-state index in [2.05, 4.69) is 113 Å². The molecule has 4 aromatic carbocycles. The van der Waals surface area contributed by atoms with Crippen LogP contribution >= 0.6 is 11.8 Å². The maximum atomic E-state index is 3.55. The summed E-state index contributed by atoms with van der Waals surface area (Å²) in [4.78, 5) is 4.79. The molecule has 0 fully saturated rings. The van der Waals surface area contributed by atoms with E-state index in [0.29, 0.717) is 0 Å². The fourth-order valence-corrected chi connectivity index (χ4v) is 4.38. The third-order valence-electron chi connectivity index (χ3n) is 4.63. The SMILES string of the molecule is c1ccc(N(c2ccccc2)c2ccc3c(c2)Sc2ccccc2N3)cc1. The molecule has 5 rings (SSSR count). The van der Waals surface area contributed by atoms with Crippen LogP contribution in [-0.4, -0.2) is 0 Å². The minimum Gasteiger partial charge on any atom is -0.354 e. The van der Waals surface area contributed by atoms with Crippen LogP contribution in [0.4, 0.5) is 28.4 Å². The maximum absolute atomic E-state index is 3.55. The number of fused-ring (bicyclic) bond motifs is 2. The number of nitrogens with one attached hydrogen (secondary N) is 1. The molecule has 130 valence electrons. The van der Waals surface area contributed by atoms with E-state index < -0.39 is 0 Å². The van der Waals surface area contributed by atoms with Crippen molar-refractivity contribution in [1.29, 1.82) is 0 Å². The van der Waals surface area contributed by atoms with Crippen LogP contribution in [0.2, 0.25) is 0 Å². The largest absolute Gasteiger partial charge is 0.354 e. The fraction of sp³-hybridized carbons (Fsp3) is 0. The number of hydrogen-bond acceptors (Lipinski definition) is 3. The standard InChI is InChI=1S/C24H18N2S/c1-3-9-18(10-4-1)26(19-11-5-2-6-12-19)20-15-16-22-24(17-20)27-23-14-8-7-13-21(23)25-22/h1-17,25H. The highest BCUT2D eigenvalue weighted by atomic mass is 32.2. The Hall–Kier alpha value is -3.17. The molecule has 0 spiro atoms. The zero-order valence-corrected chi connectivity index (χ0v) is 15.5. The number of hydrogen-bond donors (Lipinski definition) is 1. The predicted molar refractivity (Wildman–Crippen MR) is 115 cm³/mol. The van der Waals surface area contributed by atoms with Gasteiger partial charge < -0.3 is 10.2 Å². The zero-order chi connectivity index (χ0) is 18.1. The Kier molecular flexibility index (Phi) is 4.07. The fourth-order valence-electron chi connectivity index (χ4n) is 3.36. The third-order valence-corrected chi connectivity index (χ3v) is 5.76. The maximum Gasteiger partial charge on any atom is 0.0527 e. The van der Waals surface area contributed by atoms with Gasteiger partial charge in [0.15, 0.2) is 0 Å². The van der Waals surface area contributed by atoms with Gasteiger partial charge >= 0.3 is 0 Å². The third kappa shape index (κ3) is 3.07. The molecular weight excluding hydrogens is 348 g/mol. The molecule has 0 aromatic heterocycles. The van der Waals surface area contributed by atoms with Crippen molar-refractivity contribution in [2.75, 3.05) is 10.2 Å². The number of rotatable bonds is 3. The van der Waals surface area contributed by atoms with Crippen molar-refractivity contribution in [3.8, 4) is 0 Å². The van der Waals surface area contributed by atoms with Crippen LogP contribution < -0.4 is 10.2 Å². The van der Waals surface area contributed by atoms with Crippen LogP contribution in [0.15, 0.2) is 113 Å². The summed E-state index contributed by atoms with van der Waals surface area (Å²) in [5, 5.41) is 3.55. The summed E-state index contributed by atoms with van der Waals surface area (Å²) in [5.74, 6) is 0. The van der Waals surface area contributed by atoms with Gasteiger partial charge in [-0.3, -0.25) is 0 Å². The molecule has 0 saturated heterocycles. The summed E-state index contributed by atoms with van der Waals surface area (Å²) in [7, 11) is 0. The average molecular weight is 366 g/mol. The van der Waals surface area contributed by atoms with Gasteiger partial charge in [0, 0.05) is 26.9 Å². The molecule has 0 atom stereocenters. The van der Waals surface area contributed by atoms with Gasteiger partial charge in [-0.15, -0.1) is 0 Å². The molecular formula is C24H18N2S. The lowest BCUT2D eigenvalue weighted by molar-refractivity contribution is 1.25. The van der Waals surface area contributed by atoms with Crippen molar-refractivity contribution < 1.29 is 0 Å². The van der Waals surface area contributed by atoms with Crippen LogP contribution in [-0.2, 0) is 0 Å². The molecule has 0 saturated carbocycles. The molecule has 0 bridgehead atoms. The summed E-state index contributed by atoms with van der Waals surface area (Å²) in [6, 6.07) is 36.1. The Labute approximate surface area is 163 Å². The van der Waals surface area contributed by atoms with Crippen molar-refractivity contribution in [1.82, 2.24) is 0 Å². The number of anilines is 5. The Morgan fingerprint density at radius 1 is 0.519 bits per heavy atom. The Morgan fingerprint density at radius 3 is 1.81 bits per heavy atom. The molecule has 3 heteroatoms. The van der Waals surface area contributed by atoms with Crippen molar-refractivity contribution in [3.05, 3.63) is 103 Å². The Morgan fingerprint density at radius 2 is 1.11 bits per heavy atom. The van der Waals surface area contributed by atoms with Crippen molar-refractivity contribution >= 4 is 40.2 Å². The molecule has 1 aliphatic heterocycles. The van der Waals surface area contributed by atoms with Gasteiger partial charge in [0.1, 0.15) is 0 Å². The lowest BCUT2D eigenvalue weighted by Crippen LogP contribution is -2.10. The van der Waals surface area contributed by atoms with Gasteiger partial charge in [0.25, 0.3) is 0 Å². The first-order chi connectivity index (χ1) is 13.4. The van der Waals surface area contributed by atoms with E-state index in [1.807, 2.05) is 11.8 Å². The average Bonchev–Trinajstić information content (AvgIpc) is 2.74. The molecule has 27 heavy (non-hydrogen) atoms. The number of benzene rings is 4.